The summed E-state index contributed by atoms with van der Waals surface area (Å²) < 4.78 is 14.7. The largest absolute Gasteiger partial charge is 0.382 e. The summed E-state index contributed by atoms with van der Waals surface area (Å²) in [4.78, 5) is 0. The normalized spacial score (nSPS) is 10.8. The van der Waals surface area contributed by atoms with Crippen LogP contribution in [-0.2, 0) is 7.05 Å². The molecule has 4 heteroatoms. The molecule has 0 amide bonds. The maximum absolute atomic E-state index is 13.1. The van der Waals surface area contributed by atoms with Crippen LogP contribution in [0.2, 0.25) is 0 Å². The molecule has 1 aromatic carbocycles. The van der Waals surface area contributed by atoms with Crippen LogP contribution in [0.25, 0.3) is 10.9 Å². The van der Waals surface area contributed by atoms with Crippen molar-refractivity contribution in [2.75, 3.05) is 5.73 Å². The number of hydrogen-bond donors (Lipinski definition) is 1. The molecule has 2 rings (SSSR count). The number of benzene rings is 1. The second-order valence-electron chi connectivity index (χ2n) is 2.64. The van der Waals surface area contributed by atoms with Crippen molar-refractivity contribution in [3.63, 3.8) is 0 Å². The van der Waals surface area contributed by atoms with Crippen LogP contribution in [0.5, 0.6) is 0 Å². The average Bonchev–Trinajstić information content (AvgIpc) is 2.29. The van der Waals surface area contributed by atoms with E-state index in [-0.39, 0.29) is 11.6 Å². The van der Waals surface area contributed by atoms with Gasteiger partial charge in [0.2, 0.25) is 0 Å². The van der Waals surface area contributed by atoms with Gasteiger partial charge in [-0.15, -0.1) is 0 Å². The molecule has 0 radical (unpaired) electrons. The molecule has 0 spiro atoms. The molecule has 3 nitrogen and oxygen atoms in total. The molecule has 0 saturated carbocycles. The fourth-order valence-electron chi connectivity index (χ4n) is 1.30. The van der Waals surface area contributed by atoms with Crippen LogP contribution in [0.15, 0.2) is 18.2 Å². The zero-order valence-corrected chi connectivity index (χ0v) is 6.58. The number of nitrogens with zero attached hydrogens (tertiary/aromatic N) is 2. The first-order chi connectivity index (χ1) is 5.70. The Labute approximate surface area is 68.6 Å². The van der Waals surface area contributed by atoms with Crippen LogP contribution in [0.4, 0.5) is 10.2 Å². The Morgan fingerprint density at radius 3 is 2.92 bits per heavy atom. The Morgan fingerprint density at radius 1 is 1.50 bits per heavy atom. The molecule has 1 heterocycles. The highest BCUT2D eigenvalue weighted by atomic mass is 19.1. The third kappa shape index (κ3) is 0.777. The SMILES string of the molecule is Cn1nc(N)c2c(F)cccc21. The van der Waals surface area contributed by atoms with E-state index in [9.17, 15) is 4.39 Å². The predicted octanol–water partition coefficient (Wildman–Crippen LogP) is 1.29. The lowest BCUT2D eigenvalue weighted by Gasteiger charge is -1.92. The van der Waals surface area contributed by atoms with Gasteiger partial charge >= 0.3 is 0 Å². The van der Waals surface area contributed by atoms with Gasteiger partial charge in [0.25, 0.3) is 0 Å². The summed E-state index contributed by atoms with van der Waals surface area (Å²) in [6, 6.07) is 4.79. The van der Waals surface area contributed by atoms with Crippen LogP contribution < -0.4 is 5.73 Å². The Morgan fingerprint density at radius 2 is 2.25 bits per heavy atom. The predicted molar refractivity (Wildman–Crippen MR) is 45.1 cm³/mol. The molecule has 0 fully saturated rings. The first-order valence-corrected chi connectivity index (χ1v) is 3.57. The Balaban J connectivity index is 2.99. The van der Waals surface area contributed by atoms with Crippen LogP contribution in [0.1, 0.15) is 0 Å². The minimum absolute atomic E-state index is 0.241. The molecular weight excluding hydrogens is 157 g/mol. The summed E-state index contributed by atoms with van der Waals surface area (Å²) in [5.41, 5.74) is 6.22. The Bertz CT molecular complexity index is 433. The highest BCUT2D eigenvalue weighted by molar-refractivity contribution is 5.89. The van der Waals surface area contributed by atoms with Gasteiger partial charge in [-0.1, -0.05) is 6.07 Å². The summed E-state index contributed by atoms with van der Waals surface area (Å²) in [6.07, 6.45) is 0. The average molecular weight is 165 g/mol. The van der Waals surface area contributed by atoms with E-state index >= 15 is 0 Å². The van der Waals surface area contributed by atoms with E-state index in [0.29, 0.717) is 10.9 Å². The summed E-state index contributed by atoms with van der Waals surface area (Å²) >= 11 is 0. The van der Waals surface area contributed by atoms with Crippen molar-refractivity contribution in [2.24, 2.45) is 7.05 Å². The third-order valence-electron chi connectivity index (χ3n) is 1.85. The van der Waals surface area contributed by atoms with Gasteiger partial charge in [0.05, 0.1) is 10.9 Å². The van der Waals surface area contributed by atoms with Gasteiger partial charge in [-0.05, 0) is 12.1 Å². The molecular formula is C8H8FN3. The molecule has 2 N–H and O–H groups in total. The molecule has 0 bridgehead atoms. The first kappa shape index (κ1) is 7.09. The van der Waals surface area contributed by atoms with Crippen LogP contribution >= 0.6 is 0 Å². The van der Waals surface area contributed by atoms with Gasteiger partial charge in [0.15, 0.2) is 5.82 Å². The summed E-state index contributed by atoms with van der Waals surface area (Å²) in [5, 5.41) is 4.31. The second kappa shape index (κ2) is 2.20. The molecule has 2 aromatic rings. The molecule has 0 aliphatic heterocycles. The fourth-order valence-corrected chi connectivity index (χ4v) is 1.30. The number of hydrogen-bond acceptors (Lipinski definition) is 2. The van der Waals surface area contributed by atoms with Crippen molar-refractivity contribution >= 4 is 16.7 Å². The lowest BCUT2D eigenvalue weighted by atomic mass is 10.2. The third-order valence-corrected chi connectivity index (χ3v) is 1.85. The van der Waals surface area contributed by atoms with Gasteiger partial charge in [-0.2, -0.15) is 5.10 Å². The number of nitrogen functional groups attached to an aromatic ring is 1. The zero-order valence-electron chi connectivity index (χ0n) is 6.58. The maximum atomic E-state index is 13.1. The van der Waals surface area contributed by atoms with Gasteiger partial charge in [0.1, 0.15) is 5.82 Å². The molecule has 0 aliphatic carbocycles. The number of aromatic nitrogens is 2. The van der Waals surface area contributed by atoms with Crippen LogP contribution in [-0.4, -0.2) is 9.78 Å². The van der Waals surface area contributed by atoms with Crippen molar-refractivity contribution in [3.8, 4) is 0 Å². The number of anilines is 1. The zero-order chi connectivity index (χ0) is 8.72. The lowest BCUT2D eigenvalue weighted by molar-refractivity contribution is 0.640. The Hall–Kier alpha value is -1.58. The van der Waals surface area contributed by atoms with E-state index in [1.807, 2.05) is 0 Å². The van der Waals surface area contributed by atoms with Crippen molar-refractivity contribution in [2.45, 2.75) is 0 Å². The van der Waals surface area contributed by atoms with Crippen molar-refractivity contribution in [1.82, 2.24) is 9.78 Å². The second-order valence-corrected chi connectivity index (χ2v) is 2.64. The van der Waals surface area contributed by atoms with Gasteiger partial charge < -0.3 is 5.73 Å². The highest BCUT2D eigenvalue weighted by Gasteiger charge is 2.08. The van der Waals surface area contributed by atoms with E-state index in [0.717, 1.165) is 0 Å². The molecule has 0 saturated heterocycles. The number of halogens is 1. The summed E-state index contributed by atoms with van der Waals surface area (Å²) in [6.45, 7) is 0. The number of fused-ring (bicyclic) bond motifs is 1. The van der Waals surface area contributed by atoms with E-state index in [1.54, 1.807) is 23.9 Å². The van der Waals surface area contributed by atoms with E-state index in [2.05, 4.69) is 5.10 Å². The van der Waals surface area contributed by atoms with E-state index < -0.39 is 0 Å². The van der Waals surface area contributed by atoms with Crippen molar-refractivity contribution in [1.29, 1.82) is 0 Å². The summed E-state index contributed by atoms with van der Waals surface area (Å²) in [7, 11) is 1.73. The van der Waals surface area contributed by atoms with Crippen LogP contribution in [0.3, 0.4) is 0 Å². The monoisotopic (exact) mass is 165 g/mol. The minimum Gasteiger partial charge on any atom is -0.382 e. The minimum atomic E-state index is -0.321. The fraction of sp³-hybridized carbons (Fsp3) is 0.125. The molecule has 12 heavy (non-hydrogen) atoms. The Kier molecular flexibility index (Phi) is 1.30. The molecule has 0 aliphatic rings. The topological polar surface area (TPSA) is 43.8 Å². The van der Waals surface area contributed by atoms with Gasteiger partial charge in [0, 0.05) is 7.05 Å². The first-order valence-electron chi connectivity index (χ1n) is 3.57. The van der Waals surface area contributed by atoms with Gasteiger partial charge in [-0.25, -0.2) is 4.39 Å². The standard InChI is InChI=1S/C8H8FN3/c1-12-6-4-2-3-5(9)7(6)8(10)11-12/h2-4H,1H3,(H2,10,11). The number of nitrogens with two attached hydrogens (primary N) is 1. The molecule has 1 aromatic heterocycles. The van der Waals surface area contributed by atoms with Gasteiger partial charge in [-0.3, -0.25) is 4.68 Å². The quantitative estimate of drug-likeness (QED) is 0.639. The number of aryl methyl sites for hydroxylation is 1. The molecule has 0 atom stereocenters. The van der Waals surface area contributed by atoms with Crippen LogP contribution in [0, 0.1) is 5.82 Å². The number of rotatable bonds is 0. The van der Waals surface area contributed by atoms with Crippen molar-refractivity contribution < 1.29 is 4.39 Å². The molecule has 62 valence electrons. The van der Waals surface area contributed by atoms with Crippen molar-refractivity contribution in [3.05, 3.63) is 24.0 Å². The summed E-state index contributed by atoms with van der Waals surface area (Å²) in [5.74, 6) is -0.0799. The highest BCUT2D eigenvalue weighted by Crippen LogP contribution is 2.22. The molecule has 0 unspecified atom stereocenters. The van der Waals surface area contributed by atoms with E-state index in [1.165, 1.54) is 6.07 Å². The van der Waals surface area contributed by atoms with E-state index in [4.69, 9.17) is 5.73 Å². The smallest absolute Gasteiger partial charge is 0.156 e. The maximum Gasteiger partial charge on any atom is 0.156 e. The lowest BCUT2D eigenvalue weighted by Crippen LogP contribution is -1.90.